The average molecular weight is 497 g/mol. The number of amides is 3. The van der Waals surface area contributed by atoms with Crippen LogP contribution in [0, 0.1) is 11.8 Å². The molecule has 0 saturated carbocycles. The maximum Gasteiger partial charge on any atom is 0.410 e. The van der Waals surface area contributed by atoms with E-state index in [1.807, 2.05) is 26.8 Å². The molecular formula is C26H32N4O6. The predicted octanol–water partition coefficient (Wildman–Crippen LogP) is 2.09. The van der Waals surface area contributed by atoms with Crippen molar-refractivity contribution in [1.82, 2.24) is 19.4 Å². The highest BCUT2D eigenvalue weighted by molar-refractivity contribution is 6.00. The molecule has 2 aliphatic heterocycles. The molecule has 1 N–H and O–H groups in total. The van der Waals surface area contributed by atoms with E-state index in [1.54, 1.807) is 24.1 Å². The van der Waals surface area contributed by atoms with Crippen LogP contribution in [-0.4, -0.2) is 63.3 Å². The molecule has 2 aliphatic rings. The molecule has 2 aromatic rings. The molecule has 4 rings (SSSR count). The summed E-state index contributed by atoms with van der Waals surface area (Å²) in [6.45, 7) is 6.91. The summed E-state index contributed by atoms with van der Waals surface area (Å²) in [6, 6.07) is 4.65. The van der Waals surface area contributed by atoms with E-state index in [9.17, 15) is 19.2 Å². The first-order valence-electron chi connectivity index (χ1n) is 12.2. The van der Waals surface area contributed by atoms with Crippen LogP contribution in [0.4, 0.5) is 4.79 Å². The molecule has 1 aromatic heterocycles. The van der Waals surface area contributed by atoms with Gasteiger partial charge in [-0.15, -0.1) is 0 Å². The third-order valence-corrected chi connectivity index (χ3v) is 6.33. The standard InChI is InChI=1S/C26H32N4O6/c1-26(2,3)36-25(34)29-14-12-18(13-15-29)35-16-6-8-17-7-5-9-19-22(17)28(4)24(33)30(19)20-10-11-21(31)27-23(20)32/h5,7,9,18,20H,10-16H2,1-4H3,(H,27,31,32). The van der Waals surface area contributed by atoms with Gasteiger partial charge in [0.25, 0.3) is 0 Å². The summed E-state index contributed by atoms with van der Waals surface area (Å²) in [7, 11) is 1.65. The molecule has 2 fully saturated rings. The third-order valence-electron chi connectivity index (χ3n) is 6.33. The Morgan fingerprint density at radius 2 is 1.86 bits per heavy atom. The maximum atomic E-state index is 13.0. The number of aromatic nitrogens is 2. The molecule has 10 nitrogen and oxygen atoms in total. The minimum atomic E-state index is -0.739. The number of carbonyl (C=O) groups excluding carboxylic acids is 3. The summed E-state index contributed by atoms with van der Waals surface area (Å²) < 4.78 is 14.3. The zero-order chi connectivity index (χ0) is 26.0. The van der Waals surface area contributed by atoms with Gasteiger partial charge in [-0.25, -0.2) is 9.59 Å². The van der Waals surface area contributed by atoms with Crippen molar-refractivity contribution in [2.24, 2.45) is 7.05 Å². The number of nitrogens with zero attached hydrogens (tertiary/aromatic N) is 3. The zero-order valence-corrected chi connectivity index (χ0v) is 21.1. The van der Waals surface area contributed by atoms with Crippen LogP contribution in [0.3, 0.4) is 0 Å². The molecule has 3 amide bonds. The fraction of sp³-hybridized carbons (Fsp3) is 0.538. The Labute approximate surface area is 209 Å². The van der Waals surface area contributed by atoms with Gasteiger partial charge in [-0.1, -0.05) is 17.9 Å². The summed E-state index contributed by atoms with van der Waals surface area (Å²) in [4.78, 5) is 50.9. The Balaban J connectivity index is 1.41. The SMILES string of the molecule is Cn1c(=O)n(C2CCC(=O)NC2=O)c2cccc(C#CCOC3CCN(C(=O)OC(C)(C)C)CC3)c21. The second-order valence-electron chi connectivity index (χ2n) is 10.1. The van der Waals surface area contributed by atoms with E-state index in [0.29, 0.717) is 42.5 Å². The molecule has 1 aromatic carbocycles. The average Bonchev–Trinajstić information content (AvgIpc) is 3.07. The van der Waals surface area contributed by atoms with E-state index in [-0.39, 0.29) is 43.2 Å². The summed E-state index contributed by atoms with van der Waals surface area (Å²) in [5.41, 5.74) is 1.03. The molecule has 0 spiro atoms. The third kappa shape index (κ3) is 5.46. The van der Waals surface area contributed by atoms with E-state index in [4.69, 9.17) is 9.47 Å². The number of para-hydroxylation sites is 1. The Hall–Kier alpha value is -3.58. The van der Waals surface area contributed by atoms with E-state index in [1.165, 1.54) is 9.13 Å². The Morgan fingerprint density at radius 3 is 2.53 bits per heavy atom. The van der Waals surface area contributed by atoms with Gasteiger partial charge < -0.3 is 14.4 Å². The lowest BCUT2D eigenvalue weighted by atomic mass is 10.1. The number of benzene rings is 1. The van der Waals surface area contributed by atoms with E-state index >= 15 is 0 Å². The van der Waals surface area contributed by atoms with Crippen LogP contribution in [0.1, 0.15) is 58.1 Å². The first-order valence-corrected chi connectivity index (χ1v) is 12.2. The van der Waals surface area contributed by atoms with Crippen molar-refractivity contribution < 1.29 is 23.9 Å². The number of hydrogen-bond donors (Lipinski definition) is 1. The van der Waals surface area contributed by atoms with Crippen LogP contribution < -0.4 is 11.0 Å². The molecule has 3 heterocycles. The van der Waals surface area contributed by atoms with Crippen molar-refractivity contribution in [3.63, 3.8) is 0 Å². The lowest BCUT2D eigenvalue weighted by molar-refractivity contribution is -0.135. The van der Waals surface area contributed by atoms with Crippen molar-refractivity contribution in [2.75, 3.05) is 19.7 Å². The summed E-state index contributed by atoms with van der Waals surface area (Å²) in [6.07, 6.45) is 1.59. The van der Waals surface area contributed by atoms with E-state index in [0.717, 1.165) is 0 Å². The molecule has 192 valence electrons. The number of nitrogens with one attached hydrogen (secondary N) is 1. The maximum absolute atomic E-state index is 13.0. The van der Waals surface area contributed by atoms with Crippen LogP contribution in [-0.2, 0) is 26.1 Å². The molecule has 0 bridgehead atoms. The topological polar surface area (TPSA) is 112 Å². The summed E-state index contributed by atoms with van der Waals surface area (Å²) >= 11 is 0. The minimum absolute atomic E-state index is 0.00624. The van der Waals surface area contributed by atoms with E-state index < -0.39 is 17.6 Å². The van der Waals surface area contributed by atoms with Crippen LogP contribution >= 0.6 is 0 Å². The van der Waals surface area contributed by atoms with Gasteiger partial charge in [-0.2, -0.15) is 0 Å². The number of carbonyl (C=O) groups is 3. The van der Waals surface area contributed by atoms with Crippen molar-refractivity contribution in [3.05, 3.63) is 34.2 Å². The van der Waals surface area contributed by atoms with Crippen LogP contribution in [0.2, 0.25) is 0 Å². The van der Waals surface area contributed by atoms with Gasteiger partial charge in [-0.05, 0) is 52.2 Å². The lowest BCUT2D eigenvalue weighted by Gasteiger charge is -2.33. The lowest BCUT2D eigenvalue weighted by Crippen LogP contribution is -2.44. The van der Waals surface area contributed by atoms with E-state index in [2.05, 4.69) is 17.2 Å². The Morgan fingerprint density at radius 1 is 1.14 bits per heavy atom. The van der Waals surface area contributed by atoms with Gasteiger partial charge in [0.2, 0.25) is 11.8 Å². The predicted molar refractivity (Wildman–Crippen MR) is 132 cm³/mol. The number of likely N-dealkylation sites (tertiary alicyclic amines) is 1. The fourth-order valence-corrected chi connectivity index (χ4v) is 4.59. The smallest absolute Gasteiger partial charge is 0.410 e. The minimum Gasteiger partial charge on any atom is -0.444 e. The van der Waals surface area contributed by atoms with Gasteiger partial charge in [0, 0.05) is 26.6 Å². The van der Waals surface area contributed by atoms with Crippen molar-refractivity contribution in [2.45, 2.75) is 64.2 Å². The highest BCUT2D eigenvalue weighted by Gasteiger charge is 2.31. The van der Waals surface area contributed by atoms with Gasteiger partial charge in [-0.3, -0.25) is 24.0 Å². The number of imidazole rings is 1. The second kappa shape index (κ2) is 10.2. The molecule has 36 heavy (non-hydrogen) atoms. The molecule has 0 aliphatic carbocycles. The number of ether oxygens (including phenoxy) is 2. The molecule has 2 saturated heterocycles. The summed E-state index contributed by atoms with van der Waals surface area (Å²) in [5.74, 6) is 5.33. The van der Waals surface area contributed by atoms with Crippen molar-refractivity contribution in [3.8, 4) is 11.8 Å². The number of imide groups is 1. The van der Waals surface area contributed by atoms with Crippen LogP contribution in [0.5, 0.6) is 0 Å². The first-order chi connectivity index (χ1) is 17.0. The zero-order valence-electron chi connectivity index (χ0n) is 21.1. The monoisotopic (exact) mass is 496 g/mol. The van der Waals surface area contributed by atoms with Gasteiger partial charge in [0.05, 0.1) is 22.7 Å². The Kier molecular flexibility index (Phi) is 7.22. The number of rotatable bonds is 3. The molecule has 10 heteroatoms. The van der Waals surface area contributed by atoms with Gasteiger partial charge in [0.15, 0.2) is 0 Å². The van der Waals surface area contributed by atoms with Gasteiger partial charge in [0.1, 0.15) is 18.2 Å². The highest BCUT2D eigenvalue weighted by atomic mass is 16.6. The normalized spacial score (nSPS) is 19.1. The van der Waals surface area contributed by atoms with Crippen LogP contribution in [0.25, 0.3) is 11.0 Å². The number of hydrogen-bond acceptors (Lipinski definition) is 6. The summed E-state index contributed by atoms with van der Waals surface area (Å²) in [5, 5.41) is 2.32. The molecule has 0 radical (unpaired) electrons. The number of aryl methyl sites for hydroxylation is 1. The Bertz CT molecular complexity index is 1300. The molecule has 1 atom stereocenters. The number of fused-ring (bicyclic) bond motifs is 1. The van der Waals surface area contributed by atoms with Crippen molar-refractivity contribution in [1.29, 1.82) is 0 Å². The molecular weight excluding hydrogens is 464 g/mol. The highest BCUT2D eigenvalue weighted by Crippen LogP contribution is 2.24. The number of piperidine rings is 2. The quantitative estimate of drug-likeness (QED) is 0.515. The fourth-order valence-electron chi connectivity index (χ4n) is 4.59. The second-order valence-corrected chi connectivity index (χ2v) is 10.1. The van der Waals surface area contributed by atoms with Crippen molar-refractivity contribution >= 4 is 28.9 Å². The molecule has 1 unspecified atom stereocenters. The first kappa shape index (κ1) is 25.5. The van der Waals surface area contributed by atoms with Crippen LogP contribution in [0.15, 0.2) is 23.0 Å². The largest absolute Gasteiger partial charge is 0.444 e. The van der Waals surface area contributed by atoms with Gasteiger partial charge >= 0.3 is 11.8 Å².